The van der Waals surface area contributed by atoms with Gasteiger partial charge in [-0.05, 0) is 12.1 Å². The maximum absolute atomic E-state index is 11.4. The number of carbonyl (C=O) groups is 2. The SMILES string of the molecule is Nc1cc(Cl)cc(Cl)c1C(=O)CC(=O)O. The maximum Gasteiger partial charge on any atom is 0.311 e. The number of aliphatic carboxylic acids is 1. The van der Waals surface area contributed by atoms with Crippen LogP contribution in [-0.4, -0.2) is 16.9 Å². The molecule has 15 heavy (non-hydrogen) atoms. The van der Waals surface area contributed by atoms with Crippen LogP contribution in [0.25, 0.3) is 0 Å². The number of anilines is 1. The van der Waals surface area contributed by atoms with Gasteiger partial charge in [-0.3, -0.25) is 9.59 Å². The van der Waals surface area contributed by atoms with Crippen LogP contribution in [0.4, 0.5) is 5.69 Å². The van der Waals surface area contributed by atoms with Crippen LogP contribution in [0, 0.1) is 0 Å². The van der Waals surface area contributed by atoms with Crippen LogP contribution in [0.3, 0.4) is 0 Å². The Bertz CT molecular complexity index is 408. The molecule has 0 fully saturated rings. The minimum Gasteiger partial charge on any atom is -0.481 e. The fourth-order valence-corrected chi connectivity index (χ4v) is 1.73. The molecule has 0 aromatic heterocycles. The summed E-state index contributed by atoms with van der Waals surface area (Å²) in [5.74, 6) is -1.87. The smallest absolute Gasteiger partial charge is 0.311 e. The van der Waals surface area contributed by atoms with Crippen molar-refractivity contribution in [1.82, 2.24) is 0 Å². The Morgan fingerprint density at radius 1 is 1.33 bits per heavy atom. The molecule has 0 saturated carbocycles. The highest BCUT2D eigenvalue weighted by Gasteiger charge is 2.17. The summed E-state index contributed by atoms with van der Waals surface area (Å²) in [5.41, 5.74) is 5.60. The Morgan fingerprint density at radius 3 is 2.40 bits per heavy atom. The van der Waals surface area contributed by atoms with Gasteiger partial charge in [0.2, 0.25) is 0 Å². The number of Topliss-reactive ketones (excluding diaryl/α,β-unsaturated/α-hetero) is 1. The highest BCUT2D eigenvalue weighted by Crippen LogP contribution is 2.28. The summed E-state index contributed by atoms with van der Waals surface area (Å²) < 4.78 is 0. The van der Waals surface area contributed by atoms with E-state index < -0.39 is 18.2 Å². The van der Waals surface area contributed by atoms with E-state index in [1.54, 1.807) is 0 Å². The summed E-state index contributed by atoms with van der Waals surface area (Å²) >= 11 is 11.4. The van der Waals surface area contributed by atoms with Crippen molar-refractivity contribution in [3.05, 3.63) is 27.7 Å². The van der Waals surface area contributed by atoms with Crippen molar-refractivity contribution in [2.75, 3.05) is 5.73 Å². The third-order valence-electron chi connectivity index (χ3n) is 1.68. The zero-order valence-electron chi connectivity index (χ0n) is 7.46. The van der Waals surface area contributed by atoms with Crippen molar-refractivity contribution in [1.29, 1.82) is 0 Å². The van der Waals surface area contributed by atoms with Gasteiger partial charge < -0.3 is 10.8 Å². The van der Waals surface area contributed by atoms with Gasteiger partial charge in [0.25, 0.3) is 0 Å². The van der Waals surface area contributed by atoms with Gasteiger partial charge in [0, 0.05) is 10.7 Å². The van der Waals surface area contributed by atoms with Crippen LogP contribution in [0.15, 0.2) is 12.1 Å². The van der Waals surface area contributed by atoms with E-state index in [4.69, 9.17) is 34.0 Å². The van der Waals surface area contributed by atoms with E-state index in [9.17, 15) is 9.59 Å². The van der Waals surface area contributed by atoms with Crippen LogP contribution in [-0.2, 0) is 4.79 Å². The van der Waals surface area contributed by atoms with Gasteiger partial charge in [-0.1, -0.05) is 23.2 Å². The lowest BCUT2D eigenvalue weighted by Gasteiger charge is -2.06. The molecule has 0 aliphatic rings. The second kappa shape index (κ2) is 4.51. The van der Waals surface area contributed by atoms with E-state index in [0.29, 0.717) is 5.02 Å². The van der Waals surface area contributed by atoms with Crippen molar-refractivity contribution in [3.8, 4) is 0 Å². The Kier molecular flexibility index (Phi) is 3.55. The summed E-state index contributed by atoms with van der Waals surface area (Å²) in [5, 5.41) is 8.81. The van der Waals surface area contributed by atoms with Gasteiger partial charge in [0.15, 0.2) is 5.78 Å². The monoisotopic (exact) mass is 247 g/mol. The second-order valence-corrected chi connectivity index (χ2v) is 3.69. The number of hydrogen-bond acceptors (Lipinski definition) is 3. The number of nitrogens with two attached hydrogens (primary N) is 1. The van der Waals surface area contributed by atoms with Gasteiger partial charge in [-0.15, -0.1) is 0 Å². The Morgan fingerprint density at radius 2 is 1.93 bits per heavy atom. The van der Waals surface area contributed by atoms with Crippen molar-refractivity contribution in [2.45, 2.75) is 6.42 Å². The first-order valence-corrected chi connectivity index (χ1v) is 4.67. The molecule has 0 amide bonds. The molecule has 6 heteroatoms. The van der Waals surface area contributed by atoms with Gasteiger partial charge in [-0.2, -0.15) is 0 Å². The minimum absolute atomic E-state index is 0.00321. The summed E-state index contributed by atoms with van der Waals surface area (Å²) in [6.45, 7) is 0. The highest BCUT2D eigenvalue weighted by molar-refractivity contribution is 6.38. The molecule has 4 nitrogen and oxygen atoms in total. The average molecular weight is 248 g/mol. The van der Waals surface area contributed by atoms with Crippen molar-refractivity contribution < 1.29 is 14.7 Å². The van der Waals surface area contributed by atoms with E-state index in [1.165, 1.54) is 12.1 Å². The number of hydrogen-bond donors (Lipinski definition) is 2. The number of nitrogen functional groups attached to an aromatic ring is 1. The standard InChI is InChI=1S/C9H7Cl2NO3/c10-4-1-5(11)9(6(12)2-4)7(13)3-8(14)15/h1-2H,3,12H2,(H,14,15). The zero-order chi connectivity index (χ0) is 11.6. The molecule has 0 radical (unpaired) electrons. The van der Waals surface area contributed by atoms with Crippen LogP contribution in [0.5, 0.6) is 0 Å². The molecule has 0 spiro atoms. The number of halogens is 2. The van der Waals surface area contributed by atoms with Crippen molar-refractivity contribution >= 4 is 40.6 Å². The van der Waals surface area contributed by atoms with Crippen LogP contribution < -0.4 is 5.73 Å². The number of ketones is 1. The van der Waals surface area contributed by atoms with Crippen molar-refractivity contribution in [3.63, 3.8) is 0 Å². The van der Waals surface area contributed by atoms with Crippen molar-refractivity contribution in [2.24, 2.45) is 0 Å². The first-order chi connectivity index (χ1) is 6.91. The Hall–Kier alpha value is -1.26. The molecule has 0 heterocycles. The van der Waals surface area contributed by atoms with E-state index >= 15 is 0 Å². The van der Waals surface area contributed by atoms with Crippen LogP contribution in [0.2, 0.25) is 10.0 Å². The van der Waals surface area contributed by atoms with Gasteiger partial charge in [-0.25, -0.2) is 0 Å². The third kappa shape index (κ3) is 2.84. The Labute approximate surface area is 95.6 Å². The Balaban J connectivity index is 3.14. The lowest BCUT2D eigenvalue weighted by Crippen LogP contribution is -2.10. The lowest BCUT2D eigenvalue weighted by molar-refractivity contribution is -0.135. The minimum atomic E-state index is -1.23. The first kappa shape index (κ1) is 11.8. The molecule has 1 aromatic carbocycles. The highest BCUT2D eigenvalue weighted by atomic mass is 35.5. The second-order valence-electron chi connectivity index (χ2n) is 2.85. The fraction of sp³-hybridized carbons (Fsp3) is 0.111. The molecule has 1 rings (SSSR count). The quantitative estimate of drug-likeness (QED) is 0.488. The average Bonchev–Trinajstić information content (AvgIpc) is 1.99. The molecule has 0 aliphatic carbocycles. The van der Waals surface area contributed by atoms with E-state index in [0.717, 1.165) is 0 Å². The molecule has 0 atom stereocenters. The fourth-order valence-electron chi connectivity index (χ4n) is 1.11. The maximum atomic E-state index is 11.4. The van der Waals surface area contributed by atoms with Crippen LogP contribution >= 0.6 is 23.2 Å². The molecular formula is C9H7Cl2NO3. The molecule has 0 unspecified atom stereocenters. The predicted octanol–water partition coefficient (Wildman–Crippen LogP) is 2.23. The van der Waals surface area contributed by atoms with Gasteiger partial charge >= 0.3 is 5.97 Å². The number of carboxylic acids is 1. The third-order valence-corrected chi connectivity index (χ3v) is 2.19. The van der Waals surface area contributed by atoms with E-state index in [2.05, 4.69) is 0 Å². The number of carbonyl (C=O) groups excluding carboxylic acids is 1. The topological polar surface area (TPSA) is 80.4 Å². The normalized spacial score (nSPS) is 10.0. The predicted molar refractivity (Wildman–Crippen MR) is 57.5 cm³/mol. The summed E-state index contributed by atoms with van der Waals surface area (Å²) in [6, 6.07) is 2.69. The zero-order valence-corrected chi connectivity index (χ0v) is 8.97. The van der Waals surface area contributed by atoms with E-state index in [1.807, 2.05) is 0 Å². The largest absolute Gasteiger partial charge is 0.481 e. The number of carboxylic acid groups (broad SMARTS) is 1. The molecular weight excluding hydrogens is 241 g/mol. The van der Waals surface area contributed by atoms with Gasteiger partial charge in [0.1, 0.15) is 6.42 Å². The number of rotatable bonds is 3. The van der Waals surface area contributed by atoms with E-state index in [-0.39, 0.29) is 16.3 Å². The summed E-state index contributed by atoms with van der Waals surface area (Å²) in [6.07, 6.45) is -0.647. The molecule has 80 valence electrons. The first-order valence-electron chi connectivity index (χ1n) is 3.91. The molecule has 0 bridgehead atoms. The molecule has 0 saturated heterocycles. The number of benzene rings is 1. The summed E-state index contributed by atoms with van der Waals surface area (Å²) in [7, 11) is 0. The molecule has 3 N–H and O–H groups in total. The van der Waals surface area contributed by atoms with Crippen LogP contribution in [0.1, 0.15) is 16.8 Å². The van der Waals surface area contributed by atoms with Gasteiger partial charge in [0.05, 0.1) is 10.6 Å². The lowest BCUT2D eigenvalue weighted by atomic mass is 10.1. The molecule has 0 aliphatic heterocycles. The molecule has 1 aromatic rings. The summed E-state index contributed by atoms with van der Waals surface area (Å²) in [4.78, 5) is 21.8.